The maximum Gasteiger partial charge on any atom is 0.573 e. The van der Waals surface area contributed by atoms with Crippen molar-refractivity contribution < 1.29 is 22.6 Å². The van der Waals surface area contributed by atoms with Crippen molar-refractivity contribution in [2.75, 3.05) is 0 Å². The van der Waals surface area contributed by atoms with Crippen molar-refractivity contribution >= 4 is 11.7 Å². The third-order valence-electron chi connectivity index (χ3n) is 5.27. The van der Waals surface area contributed by atoms with Crippen molar-refractivity contribution in [1.29, 1.82) is 0 Å². The highest BCUT2D eigenvalue weighted by Crippen LogP contribution is 2.37. The molecule has 2 unspecified atom stereocenters. The summed E-state index contributed by atoms with van der Waals surface area (Å²) in [6, 6.07) is 5.13. The lowest BCUT2D eigenvalue weighted by molar-refractivity contribution is -0.274. The number of halogens is 3. The summed E-state index contributed by atoms with van der Waals surface area (Å²) in [6.45, 7) is 11.6. The summed E-state index contributed by atoms with van der Waals surface area (Å²) < 4.78 is 49.5. The molecular formula is C24H34F3N3O4. The van der Waals surface area contributed by atoms with Gasteiger partial charge in [-0.2, -0.15) is 4.99 Å². The predicted octanol–water partition coefficient (Wildman–Crippen LogP) is 5.50. The standard InChI is InChI=1S/C20H22F3N3O4.2C2H6/c1-11-8-9-15(11)17(24-16-12(2)18(27)26(4)19(28)25(16)3)29-13-6-5-7-14(10-13)30-20(21,22)23;2*1-2/h5-7,10-11,15H,8-9H2,1-4H3;2*1-2H3/b24-17+;;. The summed E-state index contributed by atoms with van der Waals surface area (Å²) in [5.41, 5.74) is -0.744. The Bertz CT molecular complexity index is 1070. The Morgan fingerprint density at radius 2 is 1.62 bits per heavy atom. The molecule has 0 spiro atoms. The summed E-state index contributed by atoms with van der Waals surface area (Å²) in [5, 5.41) is 0. The first-order valence-corrected chi connectivity index (χ1v) is 11.4. The predicted molar refractivity (Wildman–Crippen MR) is 127 cm³/mol. The average Bonchev–Trinajstić information content (AvgIpc) is 2.80. The van der Waals surface area contributed by atoms with Crippen LogP contribution in [0.4, 0.5) is 19.0 Å². The molecule has 0 radical (unpaired) electrons. The van der Waals surface area contributed by atoms with Crippen LogP contribution in [0.1, 0.15) is 53.0 Å². The maximum absolute atomic E-state index is 12.5. The lowest BCUT2D eigenvalue weighted by Gasteiger charge is -2.34. The van der Waals surface area contributed by atoms with Gasteiger partial charge < -0.3 is 9.47 Å². The zero-order chi connectivity index (χ0) is 26.2. The molecule has 34 heavy (non-hydrogen) atoms. The molecule has 1 heterocycles. The van der Waals surface area contributed by atoms with E-state index in [-0.39, 0.29) is 34.9 Å². The zero-order valence-corrected chi connectivity index (χ0v) is 21.0. The van der Waals surface area contributed by atoms with Crippen LogP contribution in [0.2, 0.25) is 0 Å². The number of aromatic nitrogens is 2. The van der Waals surface area contributed by atoms with Crippen molar-refractivity contribution in [2.24, 2.45) is 30.9 Å². The lowest BCUT2D eigenvalue weighted by atomic mass is 9.75. The van der Waals surface area contributed by atoms with Gasteiger partial charge in [-0.05, 0) is 37.8 Å². The van der Waals surface area contributed by atoms with Crippen LogP contribution in [0, 0.1) is 18.8 Å². The Balaban J connectivity index is 0.00000137. The molecule has 0 saturated heterocycles. The monoisotopic (exact) mass is 485 g/mol. The first kappa shape index (κ1) is 29.0. The first-order valence-electron chi connectivity index (χ1n) is 11.4. The third-order valence-corrected chi connectivity index (χ3v) is 5.27. The third kappa shape index (κ3) is 6.98. The van der Waals surface area contributed by atoms with E-state index in [1.807, 2.05) is 34.6 Å². The molecule has 1 saturated carbocycles. The summed E-state index contributed by atoms with van der Waals surface area (Å²) in [7, 11) is 2.87. The van der Waals surface area contributed by atoms with E-state index in [9.17, 15) is 22.8 Å². The number of benzene rings is 1. The van der Waals surface area contributed by atoms with Gasteiger partial charge in [-0.15, -0.1) is 13.2 Å². The molecule has 2 atom stereocenters. The van der Waals surface area contributed by atoms with Crippen molar-refractivity contribution in [3.05, 3.63) is 50.7 Å². The molecule has 0 amide bonds. The smallest absolute Gasteiger partial charge is 0.442 e. The number of hydrogen-bond acceptors (Lipinski definition) is 5. The van der Waals surface area contributed by atoms with E-state index in [2.05, 4.69) is 9.73 Å². The van der Waals surface area contributed by atoms with Gasteiger partial charge in [0.05, 0.1) is 5.56 Å². The molecule has 1 fully saturated rings. The summed E-state index contributed by atoms with van der Waals surface area (Å²) in [5.74, 6) is 0.237. The molecule has 10 heteroatoms. The molecule has 0 aliphatic heterocycles. The SMILES string of the molecule is CC.CC.Cc1c(/N=C(/Oc2cccc(OC(F)(F)F)c2)C2CCC2C)n(C)c(=O)n(C)c1=O. The van der Waals surface area contributed by atoms with Crippen molar-refractivity contribution in [1.82, 2.24) is 9.13 Å². The van der Waals surface area contributed by atoms with Gasteiger partial charge in [0.1, 0.15) is 17.3 Å². The highest BCUT2D eigenvalue weighted by molar-refractivity contribution is 5.84. The van der Waals surface area contributed by atoms with Crippen LogP contribution < -0.4 is 20.7 Å². The molecule has 0 bridgehead atoms. The number of aliphatic imine (C=N–C) groups is 1. The number of alkyl halides is 3. The second-order valence-electron chi connectivity index (χ2n) is 7.39. The Kier molecular flexibility index (Phi) is 10.6. The minimum atomic E-state index is -4.82. The Morgan fingerprint density at radius 1 is 1.03 bits per heavy atom. The topological polar surface area (TPSA) is 74.8 Å². The quantitative estimate of drug-likeness (QED) is 0.423. The van der Waals surface area contributed by atoms with Gasteiger partial charge in [0.2, 0.25) is 0 Å². The van der Waals surface area contributed by atoms with Crippen molar-refractivity contribution in [3.63, 3.8) is 0 Å². The summed E-state index contributed by atoms with van der Waals surface area (Å²) in [6.07, 6.45) is -3.10. The molecular weight excluding hydrogens is 451 g/mol. The second-order valence-corrected chi connectivity index (χ2v) is 7.39. The molecule has 1 aromatic heterocycles. The molecule has 3 rings (SSSR count). The molecule has 7 nitrogen and oxygen atoms in total. The van der Waals surface area contributed by atoms with Gasteiger partial charge >= 0.3 is 12.1 Å². The lowest BCUT2D eigenvalue weighted by Crippen LogP contribution is -2.39. The van der Waals surface area contributed by atoms with Gasteiger partial charge in [0, 0.05) is 26.1 Å². The number of nitrogens with zero attached hydrogens (tertiary/aromatic N) is 3. The van der Waals surface area contributed by atoms with Crippen LogP contribution in [0.15, 0.2) is 38.8 Å². The maximum atomic E-state index is 12.5. The second kappa shape index (κ2) is 12.4. The Labute approximate surface area is 197 Å². The molecule has 0 N–H and O–H groups in total. The van der Waals surface area contributed by atoms with Crippen LogP contribution in [-0.4, -0.2) is 21.4 Å². The number of hydrogen-bond donors (Lipinski definition) is 0. The minimum absolute atomic E-state index is 0.0873. The first-order chi connectivity index (χ1) is 16.0. The minimum Gasteiger partial charge on any atom is -0.442 e. The molecule has 2 aromatic rings. The van der Waals surface area contributed by atoms with Gasteiger partial charge in [-0.25, -0.2) is 4.79 Å². The van der Waals surface area contributed by atoms with Crippen molar-refractivity contribution in [2.45, 2.75) is 60.7 Å². The average molecular weight is 486 g/mol. The van der Waals surface area contributed by atoms with E-state index in [0.717, 1.165) is 29.5 Å². The van der Waals surface area contributed by atoms with Crippen LogP contribution in [-0.2, 0) is 14.1 Å². The highest BCUT2D eigenvalue weighted by Gasteiger charge is 2.34. The Morgan fingerprint density at radius 3 is 2.12 bits per heavy atom. The number of rotatable bonds is 4. The summed E-state index contributed by atoms with van der Waals surface area (Å²) in [4.78, 5) is 29.1. The molecule has 190 valence electrons. The fraction of sp³-hybridized carbons (Fsp3) is 0.542. The van der Waals surface area contributed by atoms with E-state index in [4.69, 9.17) is 4.74 Å². The van der Waals surface area contributed by atoms with Gasteiger partial charge in [-0.1, -0.05) is 40.7 Å². The van der Waals surface area contributed by atoms with Crippen LogP contribution in [0.25, 0.3) is 0 Å². The normalized spacial score (nSPS) is 17.4. The van der Waals surface area contributed by atoms with Gasteiger partial charge in [-0.3, -0.25) is 13.9 Å². The molecule has 1 aliphatic rings. The zero-order valence-electron chi connectivity index (χ0n) is 21.0. The van der Waals surface area contributed by atoms with Crippen LogP contribution >= 0.6 is 0 Å². The Hall–Kier alpha value is -3.04. The molecule has 1 aromatic carbocycles. The molecule has 1 aliphatic carbocycles. The van der Waals surface area contributed by atoms with Crippen LogP contribution in [0.5, 0.6) is 11.5 Å². The number of ether oxygens (including phenoxy) is 2. The van der Waals surface area contributed by atoms with E-state index in [1.165, 1.54) is 30.8 Å². The van der Waals surface area contributed by atoms with E-state index in [0.29, 0.717) is 0 Å². The van der Waals surface area contributed by atoms with E-state index in [1.54, 1.807) is 6.92 Å². The fourth-order valence-electron chi connectivity index (χ4n) is 3.33. The highest BCUT2D eigenvalue weighted by atomic mass is 19.4. The van der Waals surface area contributed by atoms with E-state index >= 15 is 0 Å². The fourth-order valence-corrected chi connectivity index (χ4v) is 3.33. The van der Waals surface area contributed by atoms with Crippen molar-refractivity contribution in [3.8, 4) is 11.5 Å². The summed E-state index contributed by atoms with van der Waals surface area (Å²) >= 11 is 0. The largest absolute Gasteiger partial charge is 0.573 e. The van der Waals surface area contributed by atoms with Gasteiger partial charge in [0.25, 0.3) is 5.56 Å². The van der Waals surface area contributed by atoms with Gasteiger partial charge in [0.15, 0.2) is 5.90 Å². The van der Waals surface area contributed by atoms with Crippen LogP contribution in [0.3, 0.4) is 0 Å². The van der Waals surface area contributed by atoms with E-state index < -0.39 is 23.4 Å².